The Morgan fingerprint density at radius 1 is 1.32 bits per heavy atom. The Bertz CT molecular complexity index is 996. The second-order valence-electron chi connectivity index (χ2n) is 6.81. The van der Waals surface area contributed by atoms with Crippen molar-refractivity contribution in [1.82, 2.24) is 19.3 Å². The fourth-order valence-electron chi connectivity index (χ4n) is 3.61. The van der Waals surface area contributed by atoms with E-state index in [1.54, 1.807) is 13.3 Å². The van der Waals surface area contributed by atoms with Gasteiger partial charge in [0.15, 0.2) is 11.5 Å². The normalized spacial score (nSPS) is 16.8. The van der Waals surface area contributed by atoms with Crippen LogP contribution in [0.25, 0.3) is 16.9 Å². The van der Waals surface area contributed by atoms with E-state index in [-0.39, 0.29) is 11.9 Å². The number of nitrogens with zero attached hydrogens (tertiary/aromatic N) is 4. The second kappa shape index (κ2) is 7.72. The summed E-state index contributed by atoms with van der Waals surface area (Å²) in [5.74, 6) is 1.51. The first-order valence-corrected chi connectivity index (χ1v) is 9.34. The van der Waals surface area contributed by atoms with Crippen LogP contribution >= 0.6 is 0 Å². The van der Waals surface area contributed by atoms with Crippen molar-refractivity contribution in [3.8, 4) is 17.0 Å². The van der Waals surface area contributed by atoms with E-state index in [0.29, 0.717) is 6.54 Å². The Balaban J connectivity index is 1.59. The summed E-state index contributed by atoms with van der Waals surface area (Å²) < 4.78 is 7.26. The number of carbonyl (C=O) groups excluding carboxylic acids is 1. The lowest BCUT2D eigenvalue weighted by atomic mass is 10.1. The molecule has 28 heavy (non-hydrogen) atoms. The molecule has 1 aliphatic rings. The van der Waals surface area contributed by atoms with Crippen LogP contribution in [0.2, 0.25) is 0 Å². The highest BCUT2D eigenvalue weighted by atomic mass is 16.5. The smallest absolute Gasteiger partial charge is 0.246 e. The van der Waals surface area contributed by atoms with Gasteiger partial charge in [0, 0.05) is 37.1 Å². The van der Waals surface area contributed by atoms with Gasteiger partial charge < -0.3 is 15.0 Å². The first kappa shape index (κ1) is 18.0. The fraction of sp³-hybridized carbons (Fsp3) is 0.286. The van der Waals surface area contributed by atoms with Gasteiger partial charge in [-0.25, -0.2) is 9.97 Å². The summed E-state index contributed by atoms with van der Waals surface area (Å²) in [6.45, 7) is 4.99. The van der Waals surface area contributed by atoms with E-state index in [1.807, 2.05) is 46.0 Å². The van der Waals surface area contributed by atoms with E-state index < -0.39 is 0 Å². The molecule has 7 heteroatoms. The lowest BCUT2D eigenvalue weighted by Gasteiger charge is -2.32. The summed E-state index contributed by atoms with van der Waals surface area (Å²) in [6, 6.07) is 8.02. The molecule has 1 N–H and O–H groups in total. The molecule has 1 saturated heterocycles. The highest BCUT2D eigenvalue weighted by Crippen LogP contribution is 2.26. The number of aromatic nitrogens is 3. The minimum atomic E-state index is -0.0275. The number of fused-ring (bicyclic) bond motifs is 1. The van der Waals surface area contributed by atoms with Crippen molar-refractivity contribution in [2.24, 2.45) is 0 Å². The molecule has 3 heterocycles. The molecule has 1 unspecified atom stereocenters. The van der Waals surface area contributed by atoms with Crippen LogP contribution in [0.5, 0.6) is 5.75 Å². The van der Waals surface area contributed by atoms with Gasteiger partial charge in [0.05, 0.1) is 19.0 Å². The average Bonchev–Trinajstić information content (AvgIpc) is 3.18. The van der Waals surface area contributed by atoms with Gasteiger partial charge in [0.1, 0.15) is 5.75 Å². The van der Waals surface area contributed by atoms with Crippen LogP contribution in [0.4, 0.5) is 5.82 Å². The lowest BCUT2D eigenvalue weighted by molar-refractivity contribution is -0.127. The van der Waals surface area contributed by atoms with Gasteiger partial charge in [0.2, 0.25) is 5.91 Å². The number of rotatable bonds is 5. The zero-order chi connectivity index (χ0) is 19.5. The number of nitrogens with one attached hydrogen (secondary N) is 1. The molecule has 1 amide bonds. The summed E-state index contributed by atoms with van der Waals surface area (Å²) in [5, 5.41) is 3.47. The van der Waals surface area contributed by atoms with Crippen LogP contribution in [0.1, 0.15) is 12.8 Å². The molecule has 3 aromatic rings. The summed E-state index contributed by atoms with van der Waals surface area (Å²) in [4.78, 5) is 22.8. The first-order valence-electron chi connectivity index (χ1n) is 9.34. The molecule has 1 aromatic carbocycles. The van der Waals surface area contributed by atoms with Crippen molar-refractivity contribution in [2.45, 2.75) is 18.9 Å². The highest BCUT2D eigenvalue weighted by molar-refractivity contribution is 5.87. The van der Waals surface area contributed by atoms with Crippen LogP contribution < -0.4 is 10.1 Å². The average molecular weight is 377 g/mol. The Kier molecular flexibility index (Phi) is 4.97. The predicted molar refractivity (Wildman–Crippen MR) is 108 cm³/mol. The molecule has 1 aliphatic heterocycles. The van der Waals surface area contributed by atoms with Crippen molar-refractivity contribution >= 4 is 17.4 Å². The summed E-state index contributed by atoms with van der Waals surface area (Å²) >= 11 is 0. The van der Waals surface area contributed by atoms with Gasteiger partial charge in [-0.15, -0.1) is 0 Å². The molecule has 0 saturated carbocycles. The standard InChI is InChI=1S/C21H23N5O2/c1-3-19(27)25-11-4-5-16(14-25)24-20-21-23-13-18(26(21)12-10-22-20)15-6-8-17(28-2)9-7-15/h3,6-10,12-13,16H,1,4-5,11,14H2,2H3,(H,22,24). The van der Waals surface area contributed by atoms with Gasteiger partial charge in [-0.05, 0) is 43.2 Å². The van der Waals surface area contributed by atoms with Crippen LogP contribution in [0.3, 0.4) is 0 Å². The molecule has 144 valence electrons. The minimum Gasteiger partial charge on any atom is -0.497 e. The number of amides is 1. The van der Waals surface area contributed by atoms with Gasteiger partial charge in [0.25, 0.3) is 0 Å². The Morgan fingerprint density at radius 3 is 2.89 bits per heavy atom. The monoisotopic (exact) mass is 377 g/mol. The quantitative estimate of drug-likeness (QED) is 0.692. The van der Waals surface area contributed by atoms with Crippen LogP contribution in [-0.2, 0) is 4.79 Å². The van der Waals surface area contributed by atoms with Crippen molar-refractivity contribution in [3.05, 3.63) is 55.5 Å². The van der Waals surface area contributed by atoms with Gasteiger partial charge in [-0.2, -0.15) is 0 Å². The van der Waals surface area contributed by atoms with E-state index in [9.17, 15) is 4.79 Å². The highest BCUT2D eigenvalue weighted by Gasteiger charge is 2.23. The largest absolute Gasteiger partial charge is 0.497 e. The van der Waals surface area contributed by atoms with E-state index >= 15 is 0 Å². The van der Waals surface area contributed by atoms with Crippen LogP contribution in [-0.4, -0.2) is 51.4 Å². The zero-order valence-electron chi connectivity index (χ0n) is 15.8. The topological polar surface area (TPSA) is 71.8 Å². The number of ether oxygens (including phenoxy) is 1. The van der Waals surface area contributed by atoms with Crippen molar-refractivity contribution < 1.29 is 9.53 Å². The molecule has 1 fully saturated rings. The number of carbonyl (C=O) groups is 1. The molecule has 0 aliphatic carbocycles. The van der Waals surface area contributed by atoms with Crippen LogP contribution in [0, 0.1) is 0 Å². The Labute approximate surface area is 163 Å². The third-order valence-electron chi connectivity index (χ3n) is 5.06. The summed E-state index contributed by atoms with van der Waals surface area (Å²) in [5.41, 5.74) is 2.79. The van der Waals surface area contributed by atoms with Gasteiger partial charge in [-0.1, -0.05) is 6.58 Å². The number of hydrogen-bond acceptors (Lipinski definition) is 5. The molecule has 4 rings (SSSR count). The van der Waals surface area contributed by atoms with Crippen molar-refractivity contribution in [2.75, 3.05) is 25.5 Å². The molecule has 0 radical (unpaired) electrons. The maximum atomic E-state index is 11.9. The molecule has 0 bridgehead atoms. The van der Waals surface area contributed by atoms with E-state index in [4.69, 9.17) is 4.74 Å². The first-order chi connectivity index (χ1) is 13.7. The zero-order valence-corrected chi connectivity index (χ0v) is 15.8. The number of methoxy groups -OCH3 is 1. The maximum Gasteiger partial charge on any atom is 0.246 e. The predicted octanol–water partition coefficient (Wildman–Crippen LogP) is 2.99. The minimum absolute atomic E-state index is 0.0275. The summed E-state index contributed by atoms with van der Waals surface area (Å²) in [7, 11) is 1.65. The Hall–Kier alpha value is -3.35. The fourth-order valence-corrected chi connectivity index (χ4v) is 3.61. The number of benzene rings is 1. The number of hydrogen-bond donors (Lipinski definition) is 1. The summed E-state index contributed by atoms with van der Waals surface area (Å²) in [6.07, 6.45) is 8.82. The van der Waals surface area contributed by atoms with Crippen molar-refractivity contribution in [1.29, 1.82) is 0 Å². The third-order valence-corrected chi connectivity index (χ3v) is 5.06. The molecule has 7 nitrogen and oxygen atoms in total. The Morgan fingerprint density at radius 2 is 2.14 bits per heavy atom. The SMILES string of the molecule is C=CC(=O)N1CCCC(Nc2nccn3c(-c4ccc(OC)cc4)cnc23)C1. The molecule has 2 aromatic heterocycles. The second-order valence-corrected chi connectivity index (χ2v) is 6.81. The molecule has 0 spiro atoms. The maximum absolute atomic E-state index is 11.9. The molecular formula is C21H23N5O2. The number of imidazole rings is 1. The van der Waals surface area contributed by atoms with E-state index in [0.717, 1.165) is 47.9 Å². The number of likely N-dealkylation sites (tertiary alicyclic amines) is 1. The molecular weight excluding hydrogens is 354 g/mol. The van der Waals surface area contributed by atoms with Gasteiger partial charge in [-0.3, -0.25) is 9.20 Å². The number of anilines is 1. The van der Waals surface area contributed by atoms with E-state index in [2.05, 4.69) is 21.9 Å². The van der Waals surface area contributed by atoms with Crippen LogP contribution in [0.15, 0.2) is 55.5 Å². The van der Waals surface area contributed by atoms with Gasteiger partial charge >= 0.3 is 0 Å². The number of piperidine rings is 1. The lowest BCUT2D eigenvalue weighted by Crippen LogP contribution is -2.44. The van der Waals surface area contributed by atoms with Crippen molar-refractivity contribution in [3.63, 3.8) is 0 Å². The van der Waals surface area contributed by atoms with E-state index in [1.165, 1.54) is 6.08 Å². The molecule has 1 atom stereocenters. The third kappa shape index (κ3) is 3.43.